The van der Waals surface area contributed by atoms with Gasteiger partial charge in [0.05, 0.1) is 7.11 Å². The van der Waals surface area contributed by atoms with E-state index in [1.807, 2.05) is 0 Å². The third-order valence-corrected chi connectivity index (χ3v) is 2.84. The van der Waals surface area contributed by atoms with Crippen LogP contribution >= 0.6 is 0 Å². The third kappa shape index (κ3) is 3.29. The van der Waals surface area contributed by atoms with Gasteiger partial charge < -0.3 is 19.5 Å². The number of rotatable bonds is 5. The molecular formula is C14H14BFO4. The molecule has 2 aromatic rings. The van der Waals surface area contributed by atoms with Crippen molar-refractivity contribution in [3.63, 3.8) is 0 Å². The van der Waals surface area contributed by atoms with E-state index in [-0.39, 0.29) is 23.6 Å². The van der Waals surface area contributed by atoms with Gasteiger partial charge in [-0.3, -0.25) is 0 Å². The number of benzene rings is 2. The Balaban J connectivity index is 2.19. The molecule has 0 saturated carbocycles. The van der Waals surface area contributed by atoms with Crippen LogP contribution in [-0.4, -0.2) is 24.3 Å². The first-order valence-corrected chi connectivity index (χ1v) is 6.02. The van der Waals surface area contributed by atoms with Crippen LogP contribution in [0.5, 0.6) is 11.5 Å². The summed E-state index contributed by atoms with van der Waals surface area (Å²) in [6.45, 7) is -0.00127. The zero-order valence-corrected chi connectivity index (χ0v) is 10.9. The van der Waals surface area contributed by atoms with Crippen LogP contribution < -0.4 is 14.9 Å². The van der Waals surface area contributed by atoms with Crippen LogP contribution in [0.4, 0.5) is 4.39 Å². The van der Waals surface area contributed by atoms with Gasteiger partial charge >= 0.3 is 7.12 Å². The molecule has 104 valence electrons. The van der Waals surface area contributed by atoms with E-state index >= 15 is 0 Å². The van der Waals surface area contributed by atoms with Crippen molar-refractivity contribution in [2.45, 2.75) is 6.61 Å². The van der Waals surface area contributed by atoms with E-state index in [4.69, 9.17) is 9.47 Å². The standard InChI is InChI=1S/C14H14BFO4/c1-19-11-6-7-14(12(8-11)15(17)18)20-9-10-4-2-3-5-13(10)16/h2-8,17-18H,9H2,1H3. The first kappa shape index (κ1) is 14.4. The van der Waals surface area contributed by atoms with Gasteiger partial charge in [0.2, 0.25) is 0 Å². The van der Waals surface area contributed by atoms with Crippen LogP contribution in [-0.2, 0) is 6.61 Å². The highest BCUT2D eigenvalue weighted by Gasteiger charge is 2.18. The normalized spacial score (nSPS) is 10.2. The minimum Gasteiger partial charge on any atom is -0.497 e. The predicted molar refractivity (Wildman–Crippen MR) is 73.6 cm³/mol. The van der Waals surface area contributed by atoms with E-state index in [2.05, 4.69) is 0 Å². The van der Waals surface area contributed by atoms with E-state index < -0.39 is 7.12 Å². The second-order valence-electron chi connectivity index (χ2n) is 4.16. The van der Waals surface area contributed by atoms with Gasteiger partial charge in [0.25, 0.3) is 0 Å². The van der Waals surface area contributed by atoms with Crippen LogP contribution in [0.3, 0.4) is 0 Å². The van der Waals surface area contributed by atoms with Crippen molar-refractivity contribution in [3.8, 4) is 11.5 Å². The van der Waals surface area contributed by atoms with Gasteiger partial charge in [-0.25, -0.2) is 4.39 Å². The van der Waals surface area contributed by atoms with Crippen LogP contribution in [0.1, 0.15) is 5.56 Å². The highest BCUT2D eigenvalue weighted by molar-refractivity contribution is 6.59. The Hall–Kier alpha value is -2.05. The van der Waals surface area contributed by atoms with E-state index in [9.17, 15) is 14.4 Å². The predicted octanol–water partition coefficient (Wildman–Crippen LogP) is 1.09. The molecule has 0 spiro atoms. The molecular weight excluding hydrogens is 262 g/mol. The fourth-order valence-electron chi connectivity index (χ4n) is 1.76. The summed E-state index contributed by atoms with van der Waals surface area (Å²) in [5, 5.41) is 18.6. The smallest absolute Gasteiger partial charge is 0.492 e. The van der Waals surface area contributed by atoms with Crippen LogP contribution in [0, 0.1) is 5.82 Å². The molecule has 2 aromatic carbocycles. The van der Waals surface area contributed by atoms with Crippen molar-refractivity contribution in [3.05, 3.63) is 53.8 Å². The van der Waals surface area contributed by atoms with Crippen molar-refractivity contribution < 1.29 is 23.9 Å². The lowest BCUT2D eigenvalue weighted by molar-refractivity contribution is 0.300. The highest BCUT2D eigenvalue weighted by atomic mass is 19.1. The molecule has 20 heavy (non-hydrogen) atoms. The molecule has 2 rings (SSSR count). The molecule has 0 heterocycles. The van der Waals surface area contributed by atoms with Gasteiger partial charge in [0, 0.05) is 11.0 Å². The summed E-state index contributed by atoms with van der Waals surface area (Å²) in [4.78, 5) is 0. The minimum atomic E-state index is -1.69. The first-order chi connectivity index (χ1) is 9.61. The molecule has 0 aromatic heterocycles. The summed E-state index contributed by atoms with van der Waals surface area (Å²) >= 11 is 0. The lowest BCUT2D eigenvalue weighted by atomic mass is 9.79. The maximum atomic E-state index is 13.5. The zero-order valence-electron chi connectivity index (χ0n) is 10.9. The van der Waals surface area contributed by atoms with E-state index in [1.54, 1.807) is 30.3 Å². The quantitative estimate of drug-likeness (QED) is 0.803. The largest absolute Gasteiger partial charge is 0.497 e. The molecule has 0 radical (unpaired) electrons. The van der Waals surface area contributed by atoms with Crippen molar-refractivity contribution in [2.24, 2.45) is 0 Å². The third-order valence-electron chi connectivity index (χ3n) is 2.84. The number of ether oxygens (including phenoxy) is 2. The topological polar surface area (TPSA) is 58.9 Å². The Labute approximate surface area is 116 Å². The number of hydrogen-bond donors (Lipinski definition) is 2. The Morgan fingerprint density at radius 3 is 2.55 bits per heavy atom. The molecule has 0 bridgehead atoms. The van der Waals surface area contributed by atoms with Crippen LogP contribution in [0.2, 0.25) is 0 Å². The molecule has 0 fully saturated rings. The second-order valence-corrected chi connectivity index (χ2v) is 4.16. The number of methoxy groups -OCH3 is 1. The molecule has 0 aliphatic heterocycles. The lowest BCUT2D eigenvalue weighted by Gasteiger charge is -2.13. The molecule has 0 aliphatic rings. The highest BCUT2D eigenvalue weighted by Crippen LogP contribution is 2.17. The van der Waals surface area contributed by atoms with Crippen molar-refractivity contribution in [1.82, 2.24) is 0 Å². The maximum Gasteiger partial charge on any atom is 0.492 e. The van der Waals surface area contributed by atoms with E-state index in [1.165, 1.54) is 19.2 Å². The van der Waals surface area contributed by atoms with Crippen LogP contribution in [0.25, 0.3) is 0 Å². The van der Waals surface area contributed by atoms with Gasteiger partial charge in [-0.05, 0) is 24.3 Å². The average Bonchev–Trinajstić information content (AvgIpc) is 2.46. The fourth-order valence-corrected chi connectivity index (χ4v) is 1.76. The molecule has 0 unspecified atom stereocenters. The molecule has 6 heteroatoms. The van der Waals surface area contributed by atoms with Crippen molar-refractivity contribution in [1.29, 1.82) is 0 Å². The molecule has 0 atom stereocenters. The average molecular weight is 276 g/mol. The fraction of sp³-hybridized carbons (Fsp3) is 0.143. The Bertz CT molecular complexity index is 589. The molecule has 4 nitrogen and oxygen atoms in total. The summed E-state index contributed by atoms with van der Waals surface area (Å²) in [6, 6.07) is 10.9. The van der Waals surface area contributed by atoms with Gasteiger partial charge in [0.1, 0.15) is 23.9 Å². The summed E-state index contributed by atoms with van der Waals surface area (Å²) in [6.07, 6.45) is 0. The maximum absolute atomic E-state index is 13.5. The van der Waals surface area contributed by atoms with Gasteiger partial charge in [-0.2, -0.15) is 0 Å². The van der Waals surface area contributed by atoms with E-state index in [0.717, 1.165) is 0 Å². The van der Waals surface area contributed by atoms with Gasteiger partial charge in [-0.1, -0.05) is 18.2 Å². The second kappa shape index (κ2) is 6.41. The zero-order chi connectivity index (χ0) is 14.5. The number of hydrogen-bond acceptors (Lipinski definition) is 4. The minimum absolute atomic E-state index is 0.00127. The molecule has 0 saturated heterocycles. The van der Waals surface area contributed by atoms with Gasteiger partial charge in [-0.15, -0.1) is 0 Å². The summed E-state index contributed by atoms with van der Waals surface area (Å²) in [5.74, 6) is 0.377. The first-order valence-electron chi connectivity index (χ1n) is 6.02. The molecule has 0 amide bonds. The number of halogens is 1. The van der Waals surface area contributed by atoms with Crippen molar-refractivity contribution in [2.75, 3.05) is 7.11 Å². The SMILES string of the molecule is COc1ccc(OCc2ccccc2F)c(B(O)O)c1. The summed E-state index contributed by atoms with van der Waals surface area (Å²) in [5.41, 5.74) is 0.558. The summed E-state index contributed by atoms with van der Waals surface area (Å²) in [7, 11) is -0.219. The Kier molecular flexibility index (Phi) is 4.60. The van der Waals surface area contributed by atoms with Crippen LogP contribution in [0.15, 0.2) is 42.5 Å². The Morgan fingerprint density at radius 2 is 1.90 bits per heavy atom. The van der Waals surface area contributed by atoms with Gasteiger partial charge in [0.15, 0.2) is 0 Å². The summed E-state index contributed by atoms with van der Waals surface area (Å²) < 4.78 is 23.9. The molecule has 0 aliphatic carbocycles. The monoisotopic (exact) mass is 276 g/mol. The Morgan fingerprint density at radius 1 is 1.15 bits per heavy atom. The lowest BCUT2D eigenvalue weighted by Crippen LogP contribution is -2.31. The van der Waals surface area contributed by atoms with Crippen molar-refractivity contribution >= 4 is 12.6 Å². The van der Waals surface area contributed by atoms with E-state index in [0.29, 0.717) is 11.3 Å². The molecule has 2 N–H and O–H groups in total.